The molecule has 27 heavy (non-hydrogen) atoms. The van der Waals surface area contributed by atoms with Crippen molar-refractivity contribution in [3.05, 3.63) is 40.7 Å². The normalized spacial score (nSPS) is 20.6. The lowest BCUT2D eigenvalue weighted by molar-refractivity contribution is 0.265. The van der Waals surface area contributed by atoms with Crippen molar-refractivity contribution in [3.63, 3.8) is 0 Å². The fourth-order valence-corrected chi connectivity index (χ4v) is 4.02. The van der Waals surface area contributed by atoms with Crippen molar-refractivity contribution < 1.29 is 0 Å². The first-order valence-electron chi connectivity index (χ1n) is 9.28. The Morgan fingerprint density at radius 2 is 2.04 bits per heavy atom. The van der Waals surface area contributed by atoms with Gasteiger partial charge in [-0.15, -0.1) is 35.3 Å². The van der Waals surface area contributed by atoms with Gasteiger partial charge in [0.25, 0.3) is 0 Å². The lowest BCUT2D eigenvalue weighted by Crippen LogP contribution is -2.46. The number of aliphatic imine (C=N–C) groups is 1. The molecule has 0 amide bonds. The highest BCUT2D eigenvalue weighted by molar-refractivity contribution is 14.0. The maximum atomic E-state index is 4.73. The standard InChI is InChI=1S/C20H29N5S.HI/c1-14(2)25-11-15(3)17(12-25)24-20(21-4)22-10-19-23-18(13-26-19)16-8-6-5-7-9-16;/h5-9,13-15,17H,10-12H2,1-4H3,(H2,21,22,24);1H. The average Bonchev–Trinajstić information content (AvgIpc) is 3.26. The zero-order valence-electron chi connectivity index (χ0n) is 16.5. The number of benzene rings is 1. The van der Waals surface area contributed by atoms with Crippen molar-refractivity contribution in [1.82, 2.24) is 20.5 Å². The molecular weight excluding hydrogens is 469 g/mol. The summed E-state index contributed by atoms with van der Waals surface area (Å²) in [6.45, 7) is 9.71. The molecular formula is C20H30IN5S. The Morgan fingerprint density at radius 1 is 1.30 bits per heavy atom. The first-order chi connectivity index (χ1) is 12.6. The third kappa shape index (κ3) is 5.89. The van der Waals surface area contributed by atoms with Gasteiger partial charge in [0.15, 0.2) is 5.96 Å². The van der Waals surface area contributed by atoms with Crippen LogP contribution in [0.2, 0.25) is 0 Å². The van der Waals surface area contributed by atoms with Crippen LogP contribution in [0.15, 0.2) is 40.7 Å². The lowest BCUT2D eigenvalue weighted by Gasteiger charge is -2.21. The molecule has 1 aliphatic heterocycles. The molecule has 7 heteroatoms. The third-order valence-corrected chi connectivity index (χ3v) is 5.79. The van der Waals surface area contributed by atoms with Gasteiger partial charge in [-0.05, 0) is 19.8 Å². The number of guanidine groups is 1. The van der Waals surface area contributed by atoms with E-state index >= 15 is 0 Å². The van der Waals surface area contributed by atoms with Crippen LogP contribution in [0.1, 0.15) is 25.8 Å². The molecule has 0 spiro atoms. The van der Waals surface area contributed by atoms with Gasteiger partial charge in [-0.25, -0.2) is 4.98 Å². The quantitative estimate of drug-likeness (QED) is 0.373. The predicted octanol–water partition coefficient (Wildman–Crippen LogP) is 3.82. The monoisotopic (exact) mass is 499 g/mol. The number of halogens is 1. The van der Waals surface area contributed by atoms with Crippen LogP contribution in [-0.2, 0) is 6.54 Å². The fraction of sp³-hybridized carbons (Fsp3) is 0.500. The summed E-state index contributed by atoms with van der Waals surface area (Å²) >= 11 is 1.68. The third-order valence-electron chi connectivity index (χ3n) is 4.94. The van der Waals surface area contributed by atoms with Crippen LogP contribution in [-0.4, -0.2) is 48.1 Å². The van der Waals surface area contributed by atoms with E-state index in [2.05, 4.69) is 58.8 Å². The van der Waals surface area contributed by atoms with E-state index in [9.17, 15) is 0 Å². The predicted molar refractivity (Wildman–Crippen MR) is 126 cm³/mol. The zero-order valence-corrected chi connectivity index (χ0v) is 19.6. The number of rotatable bonds is 5. The largest absolute Gasteiger partial charge is 0.352 e. The van der Waals surface area contributed by atoms with Gasteiger partial charge in [-0.1, -0.05) is 37.3 Å². The van der Waals surface area contributed by atoms with E-state index in [1.807, 2.05) is 25.2 Å². The SMILES string of the molecule is CN=C(NCc1nc(-c2ccccc2)cs1)NC1CN(C(C)C)CC1C.I. The second-order valence-electron chi connectivity index (χ2n) is 7.19. The Hall–Kier alpha value is -1.19. The van der Waals surface area contributed by atoms with E-state index in [0.717, 1.165) is 35.3 Å². The van der Waals surface area contributed by atoms with Gasteiger partial charge in [-0.3, -0.25) is 9.89 Å². The molecule has 2 heterocycles. The van der Waals surface area contributed by atoms with E-state index in [0.29, 0.717) is 24.5 Å². The molecule has 0 aliphatic carbocycles. The molecule has 5 nitrogen and oxygen atoms in total. The summed E-state index contributed by atoms with van der Waals surface area (Å²) in [5, 5.41) is 10.2. The summed E-state index contributed by atoms with van der Waals surface area (Å²) in [5.74, 6) is 1.46. The van der Waals surface area contributed by atoms with Gasteiger partial charge in [0.2, 0.25) is 0 Å². The van der Waals surface area contributed by atoms with Crippen molar-refractivity contribution in [3.8, 4) is 11.3 Å². The molecule has 0 bridgehead atoms. The molecule has 0 radical (unpaired) electrons. The van der Waals surface area contributed by atoms with Crippen LogP contribution in [0.3, 0.4) is 0 Å². The van der Waals surface area contributed by atoms with Gasteiger partial charge in [0.05, 0.1) is 12.2 Å². The van der Waals surface area contributed by atoms with Gasteiger partial charge in [0.1, 0.15) is 5.01 Å². The number of nitrogens with zero attached hydrogens (tertiary/aromatic N) is 3. The lowest BCUT2D eigenvalue weighted by atomic mass is 10.1. The van der Waals surface area contributed by atoms with Crippen molar-refractivity contribution in [2.24, 2.45) is 10.9 Å². The van der Waals surface area contributed by atoms with Crippen LogP contribution < -0.4 is 10.6 Å². The molecule has 1 aliphatic rings. The van der Waals surface area contributed by atoms with Gasteiger partial charge < -0.3 is 10.6 Å². The van der Waals surface area contributed by atoms with Crippen molar-refractivity contribution in [2.45, 2.75) is 39.4 Å². The van der Waals surface area contributed by atoms with Crippen molar-refractivity contribution in [1.29, 1.82) is 0 Å². The second kappa shape index (κ2) is 10.4. The van der Waals surface area contributed by atoms with Crippen molar-refractivity contribution in [2.75, 3.05) is 20.1 Å². The van der Waals surface area contributed by atoms with Crippen LogP contribution in [0, 0.1) is 5.92 Å². The summed E-state index contributed by atoms with van der Waals surface area (Å²) in [6, 6.07) is 11.3. The highest BCUT2D eigenvalue weighted by Gasteiger charge is 2.31. The van der Waals surface area contributed by atoms with E-state index < -0.39 is 0 Å². The van der Waals surface area contributed by atoms with E-state index in [1.165, 1.54) is 0 Å². The first kappa shape index (κ1) is 22.1. The smallest absolute Gasteiger partial charge is 0.191 e. The molecule has 2 aromatic rings. The summed E-state index contributed by atoms with van der Waals surface area (Å²) in [4.78, 5) is 11.6. The topological polar surface area (TPSA) is 52.6 Å². The van der Waals surface area contributed by atoms with E-state index in [-0.39, 0.29) is 24.0 Å². The minimum absolute atomic E-state index is 0. The maximum absolute atomic E-state index is 4.73. The number of hydrogen-bond donors (Lipinski definition) is 2. The minimum Gasteiger partial charge on any atom is -0.352 e. The van der Waals surface area contributed by atoms with Crippen molar-refractivity contribution >= 4 is 41.3 Å². The maximum Gasteiger partial charge on any atom is 0.191 e. The molecule has 148 valence electrons. The molecule has 1 aromatic heterocycles. The fourth-order valence-electron chi connectivity index (χ4n) is 3.28. The van der Waals surface area contributed by atoms with Crippen LogP contribution in [0.4, 0.5) is 0 Å². The Morgan fingerprint density at radius 3 is 2.67 bits per heavy atom. The second-order valence-corrected chi connectivity index (χ2v) is 8.14. The average molecular weight is 499 g/mol. The van der Waals surface area contributed by atoms with Gasteiger partial charge in [0, 0.05) is 43.2 Å². The molecule has 1 aromatic carbocycles. The number of likely N-dealkylation sites (tertiary alicyclic amines) is 1. The van der Waals surface area contributed by atoms with Gasteiger partial charge >= 0.3 is 0 Å². The number of aromatic nitrogens is 1. The molecule has 1 fully saturated rings. The van der Waals surface area contributed by atoms with E-state index in [1.54, 1.807) is 11.3 Å². The number of hydrogen-bond acceptors (Lipinski definition) is 4. The highest BCUT2D eigenvalue weighted by Crippen LogP contribution is 2.21. The van der Waals surface area contributed by atoms with Crippen LogP contribution in [0.25, 0.3) is 11.3 Å². The Bertz CT molecular complexity index is 731. The summed E-state index contributed by atoms with van der Waals surface area (Å²) in [5.41, 5.74) is 2.19. The molecule has 2 unspecified atom stereocenters. The Kier molecular flexibility index (Phi) is 8.50. The number of thiazole rings is 1. The summed E-state index contributed by atoms with van der Waals surface area (Å²) < 4.78 is 0. The zero-order chi connectivity index (χ0) is 18.5. The molecule has 1 saturated heterocycles. The van der Waals surface area contributed by atoms with Crippen LogP contribution in [0.5, 0.6) is 0 Å². The Balaban J connectivity index is 0.00000261. The summed E-state index contributed by atoms with van der Waals surface area (Å²) in [6.07, 6.45) is 0. The summed E-state index contributed by atoms with van der Waals surface area (Å²) in [7, 11) is 1.83. The van der Waals surface area contributed by atoms with Crippen LogP contribution >= 0.6 is 35.3 Å². The van der Waals surface area contributed by atoms with Gasteiger partial charge in [-0.2, -0.15) is 0 Å². The highest BCUT2D eigenvalue weighted by atomic mass is 127. The molecule has 2 atom stereocenters. The van der Waals surface area contributed by atoms with E-state index in [4.69, 9.17) is 4.98 Å². The molecule has 0 saturated carbocycles. The minimum atomic E-state index is 0. The molecule has 3 rings (SSSR count). The molecule has 2 N–H and O–H groups in total. The first-order valence-corrected chi connectivity index (χ1v) is 10.2. The Labute approximate surface area is 183 Å². The number of nitrogens with one attached hydrogen (secondary N) is 2.